The maximum atomic E-state index is 11.2. The van der Waals surface area contributed by atoms with Gasteiger partial charge in [-0.2, -0.15) is 0 Å². The number of nitrogens with zero attached hydrogens (tertiary/aromatic N) is 2. The lowest BCUT2D eigenvalue weighted by molar-refractivity contribution is -0.115. The molecule has 0 unspecified atom stereocenters. The number of rotatable bonds is 6. The Kier molecular flexibility index (Phi) is 8.05. The normalized spacial score (nSPS) is 9.62. The van der Waals surface area contributed by atoms with Crippen molar-refractivity contribution in [1.29, 1.82) is 0 Å². The Morgan fingerprint density at radius 3 is 2.81 bits per heavy atom. The zero-order valence-corrected chi connectivity index (χ0v) is 11.1. The van der Waals surface area contributed by atoms with Crippen LogP contribution in [-0.4, -0.2) is 29.7 Å². The summed E-state index contributed by atoms with van der Waals surface area (Å²) in [6, 6.07) is 0. The lowest BCUT2D eigenvalue weighted by Crippen LogP contribution is -2.24. The van der Waals surface area contributed by atoms with Gasteiger partial charge in [-0.3, -0.25) is 10.1 Å². The molecule has 0 atom stereocenters. The first-order valence-electron chi connectivity index (χ1n) is 5.03. The van der Waals surface area contributed by atoms with Gasteiger partial charge in [0.2, 0.25) is 11.0 Å². The molecule has 0 spiro atoms. The van der Waals surface area contributed by atoms with Crippen LogP contribution in [0, 0.1) is 0 Å². The van der Waals surface area contributed by atoms with Crippen molar-refractivity contribution in [1.82, 2.24) is 15.5 Å². The van der Waals surface area contributed by atoms with Gasteiger partial charge in [0.25, 0.3) is 0 Å². The van der Waals surface area contributed by atoms with Crippen molar-refractivity contribution in [3.05, 3.63) is 5.01 Å². The predicted molar refractivity (Wildman–Crippen MR) is 68.3 cm³/mol. The number of halogens is 1. The van der Waals surface area contributed by atoms with E-state index >= 15 is 0 Å². The van der Waals surface area contributed by atoms with E-state index in [-0.39, 0.29) is 18.3 Å². The Morgan fingerprint density at radius 2 is 2.19 bits per heavy atom. The van der Waals surface area contributed by atoms with Gasteiger partial charge >= 0.3 is 0 Å². The third-order valence-electron chi connectivity index (χ3n) is 1.79. The number of aromatic nitrogens is 2. The van der Waals surface area contributed by atoms with E-state index in [1.165, 1.54) is 11.3 Å². The highest BCUT2D eigenvalue weighted by molar-refractivity contribution is 7.15. The molecule has 1 amide bonds. The number of carbonyl (C=O) groups is 1. The summed E-state index contributed by atoms with van der Waals surface area (Å²) >= 11 is 1.45. The molecule has 92 valence electrons. The Morgan fingerprint density at radius 1 is 1.44 bits per heavy atom. The number of hydrogen-bond acceptors (Lipinski definition) is 5. The molecular formula is C9H17ClN4OS. The van der Waals surface area contributed by atoms with Crippen molar-refractivity contribution in [2.75, 3.05) is 18.9 Å². The lowest BCUT2D eigenvalue weighted by atomic mass is 10.3. The quantitative estimate of drug-likeness (QED) is 0.816. The Bertz CT molecular complexity index is 318. The molecule has 7 heteroatoms. The van der Waals surface area contributed by atoms with E-state index in [1.54, 1.807) is 7.05 Å². The summed E-state index contributed by atoms with van der Waals surface area (Å²) in [7, 11) is 1.73. The fourth-order valence-electron chi connectivity index (χ4n) is 1.06. The van der Waals surface area contributed by atoms with Gasteiger partial charge in [0, 0.05) is 6.42 Å². The summed E-state index contributed by atoms with van der Waals surface area (Å²) < 4.78 is 0. The molecule has 0 aliphatic carbocycles. The van der Waals surface area contributed by atoms with Crippen LogP contribution in [0.25, 0.3) is 0 Å². The van der Waals surface area contributed by atoms with Gasteiger partial charge in [-0.15, -0.1) is 22.6 Å². The van der Waals surface area contributed by atoms with Crippen LogP contribution in [-0.2, 0) is 11.2 Å². The summed E-state index contributed by atoms with van der Waals surface area (Å²) in [4.78, 5) is 11.2. The average Bonchev–Trinajstić information content (AvgIpc) is 2.63. The molecule has 16 heavy (non-hydrogen) atoms. The summed E-state index contributed by atoms with van der Waals surface area (Å²) in [5.74, 6) is -0.0873. The molecule has 0 aliphatic rings. The van der Waals surface area contributed by atoms with Crippen molar-refractivity contribution in [3.8, 4) is 0 Å². The molecule has 0 aliphatic heterocycles. The highest BCUT2D eigenvalue weighted by Gasteiger charge is 2.06. The molecule has 1 aromatic heterocycles. The van der Waals surface area contributed by atoms with E-state index in [4.69, 9.17) is 0 Å². The molecule has 0 aromatic carbocycles. The number of aryl methyl sites for hydroxylation is 1. The minimum Gasteiger partial charge on any atom is -0.311 e. The molecule has 0 saturated carbocycles. The maximum Gasteiger partial charge on any atom is 0.240 e. The van der Waals surface area contributed by atoms with Gasteiger partial charge in [-0.05, 0) is 13.5 Å². The fraction of sp³-hybridized carbons (Fsp3) is 0.667. The third kappa shape index (κ3) is 5.39. The predicted octanol–water partition coefficient (Wildman–Crippen LogP) is 1.46. The first-order chi connectivity index (χ1) is 7.26. The standard InChI is InChI=1S/C9H16N4OS.ClH/c1-3-4-5-8-12-13-9(15-8)11-7(14)6-10-2;/h10H,3-6H2,1-2H3,(H,11,13,14);1H. The van der Waals surface area contributed by atoms with Gasteiger partial charge < -0.3 is 5.32 Å². The van der Waals surface area contributed by atoms with Gasteiger partial charge in [0.05, 0.1) is 6.54 Å². The first kappa shape index (κ1) is 15.3. The second kappa shape index (κ2) is 8.43. The van der Waals surface area contributed by atoms with E-state index in [9.17, 15) is 4.79 Å². The molecule has 2 N–H and O–H groups in total. The fourth-order valence-corrected chi connectivity index (χ4v) is 1.85. The molecule has 0 radical (unpaired) electrons. The largest absolute Gasteiger partial charge is 0.311 e. The van der Waals surface area contributed by atoms with E-state index in [0.717, 1.165) is 24.3 Å². The van der Waals surface area contributed by atoms with Crippen LogP contribution in [0.5, 0.6) is 0 Å². The minimum atomic E-state index is -0.0873. The van der Waals surface area contributed by atoms with Crippen molar-refractivity contribution >= 4 is 34.8 Å². The molecule has 5 nitrogen and oxygen atoms in total. The summed E-state index contributed by atoms with van der Waals surface area (Å²) in [6.07, 6.45) is 3.19. The average molecular weight is 265 g/mol. The number of amides is 1. The van der Waals surface area contributed by atoms with Crippen LogP contribution in [0.2, 0.25) is 0 Å². The Labute approximate surface area is 105 Å². The molecule has 1 aromatic rings. The van der Waals surface area contributed by atoms with Gasteiger partial charge in [-0.1, -0.05) is 24.7 Å². The number of unbranched alkanes of at least 4 members (excludes halogenated alkanes) is 1. The zero-order chi connectivity index (χ0) is 11.1. The number of carbonyl (C=O) groups excluding carboxylic acids is 1. The molecule has 0 bridgehead atoms. The van der Waals surface area contributed by atoms with Gasteiger partial charge in [0.1, 0.15) is 5.01 Å². The summed E-state index contributed by atoms with van der Waals surface area (Å²) in [5.41, 5.74) is 0. The second-order valence-electron chi connectivity index (χ2n) is 3.18. The smallest absolute Gasteiger partial charge is 0.240 e. The van der Waals surface area contributed by atoms with E-state index in [2.05, 4.69) is 27.8 Å². The number of anilines is 1. The summed E-state index contributed by atoms with van der Waals surface area (Å²) in [5, 5.41) is 14.9. The van der Waals surface area contributed by atoms with Crippen molar-refractivity contribution < 1.29 is 4.79 Å². The molecular weight excluding hydrogens is 248 g/mol. The number of hydrogen-bond donors (Lipinski definition) is 2. The molecule has 0 fully saturated rings. The molecule has 0 saturated heterocycles. The SMILES string of the molecule is CCCCc1nnc(NC(=O)CNC)s1.Cl. The van der Waals surface area contributed by atoms with Crippen LogP contribution in [0.4, 0.5) is 5.13 Å². The van der Waals surface area contributed by atoms with E-state index in [1.807, 2.05) is 0 Å². The third-order valence-corrected chi connectivity index (χ3v) is 2.69. The lowest BCUT2D eigenvalue weighted by Gasteiger charge is -1.97. The van der Waals surface area contributed by atoms with Gasteiger partial charge in [-0.25, -0.2) is 0 Å². The van der Waals surface area contributed by atoms with Gasteiger partial charge in [0.15, 0.2) is 0 Å². The monoisotopic (exact) mass is 264 g/mol. The van der Waals surface area contributed by atoms with Crippen LogP contribution in [0.1, 0.15) is 24.8 Å². The van der Waals surface area contributed by atoms with Crippen molar-refractivity contribution in [3.63, 3.8) is 0 Å². The Balaban J connectivity index is 0.00000225. The van der Waals surface area contributed by atoms with Crippen LogP contribution in [0.15, 0.2) is 0 Å². The number of nitrogens with one attached hydrogen (secondary N) is 2. The van der Waals surface area contributed by atoms with Crippen LogP contribution >= 0.6 is 23.7 Å². The highest BCUT2D eigenvalue weighted by Crippen LogP contribution is 2.16. The Hall–Kier alpha value is -0.720. The highest BCUT2D eigenvalue weighted by atomic mass is 35.5. The second-order valence-corrected chi connectivity index (χ2v) is 4.25. The first-order valence-corrected chi connectivity index (χ1v) is 5.84. The van der Waals surface area contributed by atoms with Crippen LogP contribution < -0.4 is 10.6 Å². The zero-order valence-electron chi connectivity index (χ0n) is 9.45. The minimum absolute atomic E-state index is 0. The topological polar surface area (TPSA) is 66.9 Å². The van der Waals surface area contributed by atoms with E-state index < -0.39 is 0 Å². The molecule has 1 heterocycles. The summed E-state index contributed by atoms with van der Waals surface area (Å²) in [6.45, 7) is 2.43. The number of likely N-dealkylation sites (N-methyl/N-ethyl adjacent to an activating group) is 1. The van der Waals surface area contributed by atoms with Crippen molar-refractivity contribution in [2.24, 2.45) is 0 Å². The molecule has 1 rings (SSSR count). The van der Waals surface area contributed by atoms with Crippen LogP contribution in [0.3, 0.4) is 0 Å². The van der Waals surface area contributed by atoms with E-state index in [0.29, 0.717) is 11.7 Å². The van der Waals surface area contributed by atoms with Crippen molar-refractivity contribution in [2.45, 2.75) is 26.2 Å². The maximum absolute atomic E-state index is 11.2.